The van der Waals surface area contributed by atoms with Crippen molar-refractivity contribution in [2.45, 2.75) is 12.3 Å². The van der Waals surface area contributed by atoms with Crippen LogP contribution in [0.5, 0.6) is 0 Å². The number of hydrogen-bond donors (Lipinski definition) is 0. The maximum absolute atomic E-state index is 11.3. The largest absolute Gasteiger partial charge is 0.386 e. The maximum Gasteiger partial charge on any atom is 0.305 e. The lowest BCUT2D eigenvalue weighted by Gasteiger charge is -2.21. The highest BCUT2D eigenvalue weighted by Gasteiger charge is 2.22. The molecule has 0 fully saturated rings. The SMILES string of the molecule is CS(=O)(=O)OC1=CC=CCC1c1ccc(Cl)c(Cl)c1. The van der Waals surface area contributed by atoms with Crippen LogP contribution in [0.25, 0.3) is 0 Å². The molecule has 0 saturated carbocycles. The summed E-state index contributed by atoms with van der Waals surface area (Å²) in [7, 11) is -3.54. The van der Waals surface area contributed by atoms with Crippen LogP contribution >= 0.6 is 23.2 Å². The van der Waals surface area contributed by atoms with Crippen molar-refractivity contribution in [2.24, 2.45) is 0 Å². The molecule has 0 N–H and O–H groups in total. The van der Waals surface area contributed by atoms with Crippen LogP contribution in [0, 0.1) is 0 Å². The second-order valence-electron chi connectivity index (χ2n) is 4.25. The van der Waals surface area contributed by atoms with Crippen molar-refractivity contribution in [3.8, 4) is 0 Å². The summed E-state index contributed by atoms with van der Waals surface area (Å²) in [6.45, 7) is 0. The van der Waals surface area contributed by atoms with Gasteiger partial charge in [-0.05, 0) is 30.2 Å². The van der Waals surface area contributed by atoms with Crippen LogP contribution in [-0.2, 0) is 14.3 Å². The molecule has 1 aromatic rings. The van der Waals surface area contributed by atoms with Crippen molar-refractivity contribution < 1.29 is 12.6 Å². The van der Waals surface area contributed by atoms with Gasteiger partial charge in [0.25, 0.3) is 0 Å². The lowest BCUT2D eigenvalue weighted by Crippen LogP contribution is -2.11. The fraction of sp³-hybridized carbons (Fsp3) is 0.231. The van der Waals surface area contributed by atoms with E-state index in [1.807, 2.05) is 12.1 Å². The molecule has 1 atom stereocenters. The van der Waals surface area contributed by atoms with Crippen molar-refractivity contribution in [3.05, 3.63) is 57.8 Å². The van der Waals surface area contributed by atoms with E-state index in [1.54, 1.807) is 24.3 Å². The van der Waals surface area contributed by atoms with E-state index in [9.17, 15) is 8.42 Å². The minimum atomic E-state index is -3.54. The van der Waals surface area contributed by atoms with Crippen LogP contribution in [0.2, 0.25) is 10.0 Å². The van der Waals surface area contributed by atoms with E-state index in [0.29, 0.717) is 22.2 Å². The van der Waals surface area contributed by atoms with Crippen LogP contribution in [0.1, 0.15) is 17.9 Å². The number of hydrogen-bond acceptors (Lipinski definition) is 3. The molecular weight excluding hydrogens is 307 g/mol. The lowest BCUT2D eigenvalue weighted by atomic mass is 9.91. The molecule has 102 valence electrons. The number of rotatable bonds is 3. The van der Waals surface area contributed by atoms with Crippen LogP contribution in [0.3, 0.4) is 0 Å². The minimum Gasteiger partial charge on any atom is -0.386 e. The van der Waals surface area contributed by atoms with Gasteiger partial charge in [-0.1, -0.05) is 41.4 Å². The van der Waals surface area contributed by atoms with Gasteiger partial charge in [-0.3, -0.25) is 0 Å². The zero-order valence-corrected chi connectivity index (χ0v) is 12.5. The normalized spacial score (nSPS) is 19.1. The molecule has 1 aromatic carbocycles. The summed E-state index contributed by atoms with van der Waals surface area (Å²) in [4.78, 5) is 0. The zero-order chi connectivity index (χ0) is 14.0. The van der Waals surface area contributed by atoms with E-state index in [-0.39, 0.29) is 5.92 Å². The Labute approximate surface area is 122 Å². The van der Waals surface area contributed by atoms with Gasteiger partial charge >= 0.3 is 10.1 Å². The summed E-state index contributed by atoms with van der Waals surface area (Å²) >= 11 is 11.9. The Morgan fingerprint density at radius 3 is 2.63 bits per heavy atom. The summed E-state index contributed by atoms with van der Waals surface area (Å²) in [5, 5.41) is 0.902. The second kappa shape index (κ2) is 5.57. The van der Waals surface area contributed by atoms with Crippen LogP contribution in [0.15, 0.2) is 42.2 Å². The first-order valence-electron chi connectivity index (χ1n) is 5.58. The van der Waals surface area contributed by atoms with Gasteiger partial charge in [-0.15, -0.1) is 0 Å². The van der Waals surface area contributed by atoms with E-state index in [1.165, 1.54) is 0 Å². The standard InChI is InChI=1S/C13H12Cl2O3S/c1-19(16,17)18-13-5-3-2-4-10(13)9-6-7-11(14)12(15)8-9/h2-3,5-8,10H,4H2,1H3. The third-order valence-electron chi connectivity index (χ3n) is 2.71. The highest BCUT2D eigenvalue weighted by atomic mass is 35.5. The van der Waals surface area contributed by atoms with Crippen molar-refractivity contribution in [3.63, 3.8) is 0 Å². The van der Waals surface area contributed by atoms with Gasteiger partial charge in [-0.2, -0.15) is 8.42 Å². The monoisotopic (exact) mass is 318 g/mol. The van der Waals surface area contributed by atoms with Gasteiger partial charge in [0, 0.05) is 5.92 Å². The van der Waals surface area contributed by atoms with Crippen molar-refractivity contribution in [2.75, 3.05) is 6.26 Å². The quantitative estimate of drug-likeness (QED) is 0.794. The molecule has 3 nitrogen and oxygen atoms in total. The van der Waals surface area contributed by atoms with E-state index < -0.39 is 10.1 Å². The van der Waals surface area contributed by atoms with Gasteiger partial charge in [0.2, 0.25) is 0 Å². The Morgan fingerprint density at radius 1 is 1.26 bits per heavy atom. The average molecular weight is 319 g/mol. The molecule has 0 aromatic heterocycles. The fourth-order valence-corrected chi connectivity index (χ4v) is 2.73. The molecule has 0 bridgehead atoms. The third-order valence-corrected chi connectivity index (χ3v) is 3.94. The first-order valence-corrected chi connectivity index (χ1v) is 8.15. The Hall–Kier alpha value is -0.970. The van der Waals surface area contributed by atoms with Crippen molar-refractivity contribution >= 4 is 33.3 Å². The number of halogens is 2. The summed E-state index contributed by atoms with van der Waals surface area (Å²) in [6.07, 6.45) is 7.05. The molecule has 19 heavy (non-hydrogen) atoms. The second-order valence-corrected chi connectivity index (χ2v) is 6.64. The average Bonchev–Trinajstić information content (AvgIpc) is 2.31. The number of allylic oxidation sites excluding steroid dienone is 4. The van der Waals surface area contributed by atoms with Crippen molar-refractivity contribution in [1.29, 1.82) is 0 Å². The smallest absolute Gasteiger partial charge is 0.305 e. The van der Waals surface area contributed by atoms with Crippen LogP contribution in [0.4, 0.5) is 0 Å². The molecule has 0 spiro atoms. The summed E-state index contributed by atoms with van der Waals surface area (Å²) in [5.41, 5.74) is 0.869. The first kappa shape index (κ1) is 14.4. The molecule has 2 rings (SSSR count). The topological polar surface area (TPSA) is 43.4 Å². The molecule has 0 heterocycles. The molecule has 1 unspecified atom stereocenters. The van der Waals surface area contributed by atoms with Gasteiger partial charge in [-0.25, -0.2) is 0 Å². The highest BCUT2D eigenvalue weighted by Crippen LogP contribution is 2.35. The maximum atomic E-state index is 11.3. The Kier molecular flexibility index (Phi) is 4.23. The molecule has 6 heteroatoms. The third kappa shape index (κ3) is 3.75. The molecule has 0 amide bonds. The first-order chi connectivity index (χ1) is 8.87. The summed E-state index contributed by atoms with van der Waals surface area (Å²) in [6, 6.07) is 5.24. The Bertz CT molecular complexity index is 648. The predicted molar refractivity (Wildman–Crippen MR) is 77.0 cm³/mol. The Morgan fingerprint density at radius 2 is 2.00 bits per heavy atom. The van der Waals surface area contributed by atoms with Gasteiger partial charge in [0.15, 0.2) is 0 Å². The van der Waals surface area contributed by atoms with Crippen LogP contribution < -0.4 is 0 Å². The van der Waals surface area contributed by atoms with E-state index >= 15 is 0 Å². The fourth-order valence-electron chi connectivity index (χ4n) is 1.90. The van der Waals surface area contributed by atoms with Crippen molar-refractivity contribution in [1.82, 2.24) is 0 Å². The minimum absolute atomic E-state index is 0.172. The molecule has 1 aliphatic rings. The van der Waals surface area contributed by atoms with Gasteiger partial charge in [0.1, 0.15) is 5.76 Å². The summed E-state index contributed by atoms with van der Waals surface area (Å²) < 4.78 is 27.5. The highest BCUT2D eigenvalue weighted by molar-refractivity contribution is 7.86. The number of benzene rings is 1. The molecule has 1 aliphatic carbocycles. The lowest BCUT2D eigenvalue weighted by molar-refractivity contribution is 0.377. The molecule has 0 radical (unpaired) electrons. The zero-order valence-electron chi connectivity index (χ0n) is 10.1. The Balaban J connectivity index is 2.34. The van der Waals surface area contributed by atoms with E-state index in [2.05, 4.69) is 0 Å². The molecular formula is C13H12Cl2O3S. The molecule has 0 aliphatic heterocycles. The van der Waals surface area contributed by atoms with Crippen LogP contribution in [-0.4, -0.2) is 14.7 Å². The van der Waals surface area contributed by atoms with Gasteiger partial charge in [0.05, 0.1) is 16.3 Å². The predicted octanol–water partition coefficient (Wildman–Crippen LogP) is 3.90. The van der Waals surface area contributed by atoms with Gasteiger partial charge < -0.3 is 4.18 Å². The molecule has 0 saturated heterocycles. The van der Waals surface area contributed by atoms with E-state index in [4.69, 9.17) is 27.4 Å². The summed E-state index contributed by atoms with van der Waals surface area (Å²) in [5.74, 6) is 0.220. The van der Waals surface area contributed by atoms with E-state index in [0.717, 1.165) is 11.8 Å².